The average Bonchev–Trinajstić information content (AvgIpc) is 2.82. The van der Waals surface area contributed by atoms with Crippen LogP contribution in [0.5, 0.6) is 0 Å². The van der Waals surface area contributed by atoms with Gasteiger partial charge < -0.3 is 24.6 Å². The van der Waals surface area contributed by atoms with E-state index in [0.717, 1.165) is 6.07 Å². The van der Waals surface area contributed by atoms with Crippen molar-refractivity contribution in [3.8, 4) is 0 Å². The number of fused-ring (bicyclic) bond motifs is 2. The number of rotatable bonds is 7. The van der Waals surface area contributed by atoms with Gasteiger partial charge in [-0.25, -0.2) is 19.2 Å². The fourth-order valence-corrected chi connectivity index (χ4v) is 5.24. The molecule has 9 nitrogen and oxygen atoms in total. The number of benzene rings is 1. The number of carbonyl (C=O) groups excluding carboxylic acids is 2. The van der Waals surface area contributed by atoms with E-state index in [-0.39, 0.29) is 36.9 Å². The number of amides is 2. The topological polar surface area (TPSA) is 96.9 Å². The number of likely N-dealkylation sites (tertiary alicyclic amines) is 1. The molecule has 3 heterocycles. The number of alkyl halides is 3. The molecule has 4 rings (SSSR count). The molecule has 2 aromatic rings. The molecule has 1 spiro atoms. The quantitative estimate of drug-likeness (QED) is 0.364. The van der Waals surface area contributed by atoms with E-state index in [1.165, 1.54) is 17.9 Å². The first-order valence-electron chi connectivity index (χ1n) is 13.3. The van der Waals surface area contributed by atoms with Gasteiger partial charge in [-0.3, -0.25) is 4.79 Å². The molecule has 1 saturated heterocycles. The summed E-state index contributed by atoms with van der Waals surface area (Å²) < 4.78 is 65.6. The van der Waals surface area contributed by atoms with Crippen molar-refractivity contribution in [1.29, 1.82) is 0 Å². The molecular formula is C28H35F4N5O4. The summed E-state index contributed by atoms with van der Waals surface area (Å²) in [5.41, 5.74) is -2.39. The zero-order chi connectivity index (χ0) is 30.3. The van der Waals surface area contributed by atoms with Crippen molar-refractivity contribution < 1.29 is 36.6 Å². The summed E-state index contributed by atoms with van der Waals surface area (Å²) in [6, 6.07) is 2.24. The van der Waals surface area contributed by atoms with Crippen LogP contribution in [-0.2, 0) is 32.4 Å². The highest BCUT2D eigenvalue weighted by Gasteiger charge is 2.59. The van der Waals surface area contributed by atoms with Gasteiger partial charge in [-0.1, -0.05) is 12.1 Å². The Morgan fingerprint density at radius 1 is 1.20 bits per heavy atom. The fraction of sp³-hybridized carbons (Fsp3) is 0.571. The van der Waals surface area contributed by atoms with Crippen LogP contribution in [0.2, 0.25) is 0 Å². The van der Waals surface area contributed by atoms with E-state index in [1.807, 2.05) is 0 Å². The lowest BCUT2D eigenvalue weighted by Gasteiger charge is -2.52. The van der Waals surface area contributed by atoms with Crippen molar-refractivity contribution in [2.24, 2.45) is 0 Å². The summed E-state index contributed by atoms with van der Waals surface area (Å²) in [4.78, 5) is 38.8. The second-order valence-corrected chi connectivity index (χ2v) is 11.5. The molecule has 2 aliphatic heterocycles. The number of aryl methyl sites for hydroxylation is 1. The van der Waals surface area contributed by atoms with E-state index in [1.54, 1.807) is 39.7 Å². The zero-order valence-corrected chi connectivity index (χ0v) is 24.0. The summed E-state index contributed by atoms with van der Waals surface area (Å²) in [7, 11) is 1.56. The van der Waals surface area contributed by atoms with Crippen LogP contribution in [0.4, 0.5) is 28.2 Å². The molecule has 0 bridgehead atoms. The van der Waals surface area contributed by atoms with Gasteiger partial charge in [0, 0.05) is 44.5 Å². The lowest BCUT2D eigenvalue weighted by Crippen LogP contribution is -2.70. The Kier molecular flexibility index (Phi) is 8.23. The van der Waals surface area contributed by atoms with Crippen molar-refractivity contribution in [1.82, 2.24) is 19.8 Å². The van der Waals surface area contributed by atoms with Crippen molar-refractivity contribution in [2.45, 2.75) is 70.8 Å². The highest BCUT2D eigenvalue weighted by Crippen LogP contribution is 2.44. The summed E-state index contributed by atoms with van der Waals surface area (Å²) >= 11 is 0. The smallest absolute Gasteiger partial charge is 0.419 e. The molecule has 2 aliphatic rings. The summed E-state index contributed by atoms with van der Waals surface area (Å²) in [5.74, 6) is -0.948. The standard InChI is InChI=1S/C28H35F4N5O4/c1-16(18-9-7-10-20(21(18)29)28(30,31)32)33-23-19-13-36(11-8-12-40-6)24(38)27(22(19)34-17(2)35-23)14-37(15-27)25(39)41-26(3,4)5/h7,9-10,16H,8,11-15H2,1-6H3,(H,33,34,35)/t16-/m1/s1. The molecule has 13 heteroatoms. The van der Waals surface area contributed by atoms with E-state index in [4.69, 9.17) is 9.47 Å². The van der Waals surface area contributed by atoms with Crippen LogP contribution in [-0.4, -0.2) is 70.7 Å². The normalized spacial score (nSPS) is 17.3. The van der Waals surface area contributed by atoms with E-state index in [2.05, 4.69) is 15.3 Å². The van der Waals surface area contributed by atoms with Gasteiger partial charge in [0.2, 0.25) is 5.91 Å². The number of hydrogen-bond donors (Lipinski definition) is 1. The van der Waals surface area contributed by atoms with Crippen LogP contribution in [0.15, 0.2) is 18.2 Å². The predicted molar refractivity (Wildman–Crippen MR) is 142 cm³/mol. The van der Waals surface area contributed by atoms with E-state index >= 15 is 0 Å². The van der Waals surface area contributed by atoms with Crippen LogP contribution >= 0.6 is 0 Å². The van der Waals surface area contributed by atoms with Crippen LogP contribution in [0.3, 0.4) is 0 Å². The van der Waals surface area contributed by atoms with E-state index in [0.29, 0.717) is 42.7 Å². The minimum atomic E-state index is -4.84. The Balaban J connectivity index is 1.71. The molecule has 1 aromatic carbocycles. The molecule has 1 aromatic heterocycles. The fourth-order valence-electron chi connectivity index (χ4n) is 5.24. The molecule has 41 heavy (non-hydrogen) atoms. The maximum absolute atomic E-state index is 14.9. The molecule has 0 aliphatic carbocycles. The Bertz CT molecular complexity index is 1320. The number of halogens is 4. The first kappa shape index (κ1) is 30.5. The number of nitrogens with zero attached hydrogens (tertiary/aromatic N) is 4. The third-order valence-corrected chi connectivity index (χ3v) is 7.12. The van der Waals surface area contributed by atoms with Gasteiger partial charge in [0.25, 0.3) is 0 Å². The molecule has 1 N–H and O–H groups in total. The largest absolute Gasteiger partial charge is 0.444 e. The number of aromatic nitrogens is 2. The Labute approximate surface area is 236 Å². The Hall–Kier alpha value is -3.48. The predicted octanol–water partition coefficient (Wildman–Crippen LogP) is 4.98. The second-order valence-electron chi connectivity index (χ2n) is 11.5. The van der Waals surface area contributed by atoms with Gasteiger partial charge in [0.15, 0.2) is 0 Å². The van der Waals surface area contributed by atoms with E-state index in [9.17, 15) is 27.2 Å². The first-order chi connectivity index (χ1) is 19.1. The van der Waals surface area contributed by atoms with E-state index < -0.39 is 40.7 Å². The maximum atomic E-state index is 14.9. The number of methoxy groups -OCH3 is 1. The Morgan fingerprint density at radius 3 is 2.49 bits per heavy atom. The van der Waals surface area contributed by atoms with Crippen molar-refractivity contribution in [3.63, 3.8) is 0 Å². The number of anilines is 1. The average molecular weight is 582 g/mol. The molecule has 1 fully saturated rings. The highest BCUT2D eigenvalue weighted by molar-refractivity contribution is 5.94. The van der Waals surface area contributed by atoms with Gasteiger partial charge >= 0.3 is 12.3 Å². The Morgan fingerprint density at radius 2 is 1.88 bits per heavy atom. The van der Waals surface area contributed by atoms with Crippen molar-refractivity contribution in [2.75, 3.05) is 38.7 Å². The van der Waals surface area contributed by atoms with Gasteiger partial charge in [-0.2, -0.15) is 13.2 Å². The minimum Gasteiger partial charge on any atom is -0.444 e. The molecule has 224 valence electrons. The zero-order valence-electron chi connectivity index (χ0n) is 24.0. The number of ether oxygens (including phenoxy) is 2. The number of nitrogens with one attached hydrogen (secondary N) is 1. The van der Waals surface area contributed by atoms with Crippen LogP contribution < -0.4 is 5.32 Å². The third kappa shape index (κ3) is 6.09. The maximum Gasteiger partial charge on any atom is 0.419 e. The van der Waals surface area contributed by atoms with Gasteiger partial charge in [-0.05, 0) is 47.1 Å². The van der Waals surface area contributed by atoms with Gasteiger partial charge in [-0.15, -0.1) is 0 Å². The minimum absolute atomic E-state index is 0.0439. The van der Waals surface area contributed by atoms with Gasteiger partial charge in [0.05, 0.1) is 23.8 Å². The summed E-state index contributed by atoms with van der Waals surface area (Å²) in [5, 5.41) is 3.07. The van der Waals surface area contributed by atoms with Gasteiger partial charge in [0.1, 0.15) is 28.5 Å². The monoisotopic (exact) mass is 581 g/mol. The molecule has 1 atom stereocenters. The highest BCUT2D eigenvalue weighted by atomic mass is 19.4. The summed E-state index contributed by atoms with van der Waals surface area (Å²) in [6.45, 7) is 9.44. The SMILES string of the molecule is COCCCN1Cc2c(N[C@H](C)c3cccc(C(F)(F)F)c3F)nc(C)nc2C2(CN(C(=O)OC(C)(C)C)C2)C1=O. The van der Waals surface area contributed by atoms with Crippen LogP contribution in [0.25, 0.3) is 0 Å². The molecule has 0 unspecified atom stereocenters. The molecule has 0 radical (unpaired) electrons. The van der Waals surface area contributed by atoms with Crippen molar-refractivity contribution >= 4 is 17.8 Å². The summed E-state index contributed by atoms with van der Waals surface area (Å²) in [6.07, 6.45) is -4.83. The lowest BCUT2D eigenvalue weighted by atomic mass is 9.71. The number of hydrogen-bond acceptors (Lipinski definition) is 7. The molecule has 2 amide bonds. The number of carbonyl (C=O) groups is 2. The molecular weight excluding hydrogens is 546 g/mol. The first-order valence-corrected chi connectivity index (χ1v) is 13.3. The van der Waals surface area contributed by atoms with Crippen molar-refractivity contribution in [3.05, 3.63) is 52.2 Å². The second kappa shape index (κ2) is 11.1. The lowest BCUT2D eigenvalue weighted by molar-refractivity contribution is -0.147. The third-order valence-electron chi connectivity index (χ3n) is 7.12. The van der Waals surface area contributed by atoms with Crippen LogP contribution in [0.1, 0.15) is 68.4 Å². The van der Waals surface area contributed by atoms with Crippen LogP contribution in [0, 0.1) is 12.7 Å². The molecule has 0 saturated carbocycles.